The molecule has 0 unspecified atom stereocenters. The van der Waals surface area contributed by atoms with Crippen molar-refractivity contribution in [1.29, 1.82) is 0 Å². The number of aryl methyl sites for hydroxylation is 2. The van der Waals surface area contributed by atoms with E-state index in [2.05, 4.69) is 59.1 Å². The van der Waals surface area contributed by atoms with E-state index in [-0.39, 0.29) is 18.0 Å². The van der Waals surface area contributed by atoms with Gasteiger partial charge >= 0.3 is 0 Å². The van der Waals surface area contributed by atoms with Gasteiger partial charge in [-0.15, -0.1) is 0 Å². The molecule has 0 bridgehead atoms. The van der Waals surface area contributed by atoms with Crippen molar-refractivity contribution in [2.45, 2.75) is 78.4 Å². The molecule has 0 saturated carbocycles. The Morgan fingerprint density at radius 2 is 1.89 bits per heavy atom. The van der Waals surface area contributed by atoms with Gasteiger partial charge in [-0.05, 0) is 89.1 Å². The van der Waals surface area contributed by atoms with Gasteiger partial charge in [0, 0.05) is 60.8 Å². The molecule has 1 fully saturated rings. The van der Waals surface area contributed by atoms with E-state index in [1.807, 2.05) is 25.1 Å². The van der Waals surface area contributed by atoms with Crippen molar-refractivity contribution in [2.75, 3.05) is 24.5 Å². The Balaban J connectivity index is 1.64. The second-order valence-corrected chi connectivity index (χ2v) is 10.1. The number of amides is 1. The topological polar surface area (TPSA) is 68.4 Å². The van der Waals surface area contributed by atoms with Crippen molar-refractivity contribution < 1.29 is 4.79 Å². The van der Waals surface area contributed by atoms with E-state index in [1.165, 1.54) is 5.69 Å². The highest BCUT2D eigenvalue weighted by atomic mass is 16.1. The summed E-state index contributed by atoms with van der Waals surface area (Å²) < 4.78 is 0. The predicted octanol–water partition coefficient (Wildman–Crippen LogP) is 4.36. The molecule has 35 heavy (non-hydrogen) atoms. The quantitative estimate of drug-likeness (QED) is 0.644. The largest absolute Gasteiger partial charge is 0.368 e. The predicted molar refractivity (Wildman–Crippen MR) is 143 cm³/mol. The minimum atomic E-state index is -0.118. The summed E-state index contributed by atoms with van der Waals surface area (Å²) >= 11 is 0. The van der Waals surface area contributed by atoms with E-state index < -0.39 is 0 Å². The van der Waals surface area contributed by atoms with E-state index in [9.17, 15) is 9.59 Å². The third-order valence-corrected chi connectivity index (χ3v) is 7.57. The third kappa shape index (κ3) is 5.69. The Bertz CT molecular complexity index is 1130. The number of fused-ring (bicyclic) bond motifs is 2. The molecular weight excluding hydrogens is 436 g/mol. The monoisotopic (exact) mass is 476 g/mol. The number of carbonyl (C=O) groups excluding carboxylic acids is 1. The molecule has 0 aliphatic carbocycles. The average molecular weight is 477 g/mol. The van der Waals surface area contributed by atoms with Gasteiger partial charge in [-0.3, -0.25) is 9.59 Å². The molecule has 6 heteroatoms. The number of allylic oxidation sites excluding steroid dienone is 2. The van der Waals surface area contributed by atoms with Crippen molar-refractivity contribution in [3.63, 3.8) is 0 Å². The number of likely N-dealkylation sites (tertiary alicyclic amines) is 1. The van der Waals surface area contributed by atoms with Gasteiger partial charge in [0.15, 0.2) is 0 Å². The Labute approximate surface area is 209 Å². The fourth-order valence-corrected chi connectivity index (χ4v) is 5.63. The van der Waals surface area contributed by atoms with Crippen molar-refractivity contribution in [3.05, 3.63) is 74.7 Å². The molecular formula is C29H40N4O2. The molecule has 0 spiro atoms. The van der Waals surface area contributed by atoms with Crippen LogP contribution in [0.3, 0.4) is 0 Å². The summed E-state index contributed by atoms with van der Waals surface area (Å²) in [5.74, 6) is -0.118. The highest BCUT2D eigenvalue weighted by Gasteiger charge is 2.27. The van der Waals surface area contributed by atoms with Gasteiger partial charge in [0.25, 0.3) is 11.5 Å². The first-order chi connectivity index (χ1) is 16.9. The molecule has 3 heterocycles. The Morgan fingerprint density at radius 3 is 2.60 bits per heavy atom. The number of benzene rings is 1. The number of hydrogen-bond donors (Lipinski definition) is 2. The molecule has 2 aromatic rings. The lowest BCUT2D eigenvalue weighted by Gasteiger charge is -2.41. The van der Waals surface area contributed by atoms with Gasteiger partial charge < -0.3 is 20.1 Å². The van der Waals surface area contributed by atoms with E-state index in [0.29, 0.717) is 23.2 Å². The zero-order chi connectivity index (χ0) is 24.9. The zero-order valence-corrected chi connectivity index (χ0v) is 21.7. The van der Waals surface area contributed by atoms with Crippen LogP contribution < -0.4 is 15.8 Å². The highest BCUT2D eigenvalue weighted by molar-refractivity contribution is 5.97. The molecule has 0 radical (unpaired) electrons. The standard InChI is InChI=1S/C29H40N4O2/c1-5-33(23-14-16-32(17-15-23)20(2)3)27-13-9-12-25-24(27)11-8-6-7-10-22-18-21(4)31-29(35)26(22)19-30-28(25)34/h6,8-9,12-13,18,20,23H,5,7,10-11,14-17,19H2,1-4H3,(H,30,34)(H,31,35)/b8-6-. The molecule has 2 aliphatic rings. The number of rotatable bonds is 4. The number of hydrogen-bond acceptors (Lipinski definition) is 4. The van der Waals surface area contributed by atoms with Crippen LogP contribution in [0, 0.1) is 6.92 Å². The minimum absolute atomic E-state index is 0.111. The number of aromatic nitrogens is 1. The Kier molecular flexibility index (Phi) is 8.11. The van der Waals surface area contributed by atoms with Crippen LogP contribution in [0.1, 0.15) is 72.8 Å². The van der Waals surface area contributed by atoms with Crippen LogP contribution in [0.5, 0.6) is 0 Å². The summed E-state index contributed by atoms with van der Waals surface area (Å²) in [6.45, 7) is 12.0. The first-order valence-corrected chi connectivity index (χ1v) is 13.2. The van der Waals surface area contributed by atoms with E-state index in [0.717, 1.165) is 68.6 Å². The number of piperidine rings is 1. The SMILES string of the molecule is CCN(c1cccc2c1C/C=C\CCc1cc(C)[nH]c(=O)c1CNC2=O)C1CCN(C(C)C)CC1. The zero-order valence-electron chi connectivity index (χ0n) is 21.7. The molecule has 0 atom stereocenters. The third-order valence-electron chi connectivity index (χ3n) is 7.57. The second kappa shape index (κ2) is 11.3. The van der Waals surface area contributed by atoms with E-state index >= 15 is 0 Å². The van der Waals surface area contributed by atoms with Gasteiger partial charge in [-0.25, -0.2) is 0 Å². The van der Waals surface area contributed by atoms with Gasteiger partial charge in [0.1, 0.15) is 0 Å². The molecule has 1 aromatic carbocycles. The molecule has 6 nitrogen and oxygen atoms in total. The minimum Gasteiger partial charge on any atom is -0.368 e. The maximum Gasteiger partial charge on any atom is 0.253 e. The van der Waals surface area contributed by atoms with Gasteiger partial charge in [0.05, 0.1) is 0 Å². The lowest BCUT2D eigenvalue weighted by molar-refractivity contribution is 0.0950. The number of carbonyl (C=O) groups is 1. The smallest absolute Gasteiger partial charge is 0.253 e. The van der Waals surface area contributed by atoms with Crippen molar-refractivity contribution in [1.82, 2.24) is 15.2 Å². The number of anilines is 1. The summed E-state index contributed by atoms with van der Waals surface area (Å²) in [4.78, 5) is 34.0. The lowest BCUT2D eigenvalue weighted by atomic mass is 9.95. The van der Waals surface area contributed by atoms with Crippen LogP contribution in [-0.4, -0.2) is 47.5 Å². The van der Waals surface area contributed by atoms with Gasteiger partial charge in [-0.1, -0.05) is 18.2 Å². The number of nitrogens with zero attached hydrogens (tertiary/aromatic N) is 2. The number of aromatic amines is 1. The lowest BCUT2D eigenvalue weighted by Crippen LogP contribution is -2.47. The molecule has 2 aliphatic heterocycles. The summed E-state index contributed by atoms with van der Waals surface area (Å²) in [6.07, 6.45) is 9.03. The maximum atomic E-state index is 13.4. The molecule has 188 valence electrons. The first kappa shape index (κ1) is 25.2. The molecule has 4 rings (SSSR count). The number of nitrogens with one attached hydrogen (secondary N) is 2. The fraction of sp³-hybridized carbons (Fsp3) is 0.517. The van der Waals surface area contributed by atoms with Crippen LogP contribution in [-0.2, 0) is 19.4 Å². The maximum absolute atomic E-state index is 13.4. The first-order valence-electron chi connectivity index (χ1n) is 13.2. The number of H-pyrrole nitrogens is 1. The summed E-state index contributed by atoms with van der Waals surface area (Å²) in [5.41, 5.74) is 5.35. The number of pyridine rings is 1. The molecule has 1 saturated heterocycles. The van der Waals surface area contributed by atoms with Gasteiger partial charge in [-0.2, -0.15) is 0 Å². The van der Waals surface area contributed by atoms with E-state index in [4.69, 9.17) is 0 Å². The van der Waals surface area contributed by atoms with Crippen molar-refractivity contribution in [2.24, 2.45) is 0 Å². The van der Waals surface area contributed by atoms with Crippen LogP contribution in [0.2, 0.25) is 0 Å². The van der Waals surface area contributed by atoms with Crippen LogP contribution >= 0.6 is 0 Å². The Morgan fingerprint density at radius 1 is 1.11 bits per heavy atom. The van der Waals surface area contributed by atoms with Crippen molar-refractivity contribution >= 4 is 11.6 Å². The van der Waals surface area contributed by atoms with Crippen LogP contribution in [0.25, 0.3) is 0 Å². The summed E-state index contributed by atoms with van der Waals surface area (Å²) in [6, 6.07) is 9.18. The van der Waals surface area contributed by atoms with Gasteiger partial charge in [0.2, 0.25) is 0 Å². The summed E-state index contributed by atoms with van der Waals surface area (Å²) in [5, 5.41) is 3.05. The molecule has 1 aromatic heterocycles. The molecule has 2 N–H and O–H groups in total. The highest BCUT2D eigenvalue weighted by Crippen LogP contribution is 2.30. The van der Waals surface area contributed by atoms with Crippen LogP contribution in [0.15, 0.2) is 41.2 Å². The molecule has 1 amide bonds. The average Bonchev–Trinajstić information content (AvgIpc) is 2.83. The van der Waals surface area contributed by atoms with Crippen molar-refractivity contribution in [3.8, 4) is 0 Å². The summed E-state index contributed by atoms with van der Waals surface area (Å²) in [7, 11) is 0. The second-order valence-electron chi connectivity index (χ2n) is 10.1. The fourth-order valence-electron chi connectivity index (χ4n) is 5.63. The van der Waals surface area contributed by atoms with E-state index in [1.54, 1.807) is 0 Å². The Hall–Kier alpha value is -2.86. The normalized spacial score (nSPS) is 18.7. The van der Waals surface area contributed by atoms with Crippen LogP contribution in [0.4, 0.5) is 5.69 Å².